The summed E-state index contributed by atoms with van der Waals surface area (Å²) < 4.78 is 32.8. The van der Waals surface area contributed by atoms with E-state index in [9.17, 15) is 13.2 Å². The van der Waals surface area contributed by atoms with E-state index in [1.807, 2.05) is 0 Å². The molecule has 0 bridgehead atoms. The Morgan fingerprint density at radius 2 is 1.96 bits per heavy atom. The van der Waals surface area contributed by atoms with Crippen molar-refractivity contribution in [3.63, 3.8) is 0 Å². The average Bonchev–Trinajstić information content (AvgIpc) is 2.60. The van der Waals surface area contributed by atoms with Crippen molar-refractivity contribution in [2.75, 3.05) is 39.8 Å². The number of halogens is 1. The largest absolute Gasteiger partial charge is 0.495 e. The number of hydrogen-bond acceptors (Lipinski definition) is 5. The fourth-order valence-corrected chi connectivity index (χ4v) is 4.39. The fraction of sp³-hybridized carbons (Fsp3) is 0.562. The van der Waals surface area contributed by atoms with Gasteiger partial charge in [0.15, 0.2) is 0 Å². The highest BCUT2D eigenvalue weighted by atomic mass is 35.5. The zero-order valence-electron chi connectivity index (χ0n) is 14.7. The maximum Gasteiger partial charge on any atom is 0.245 e. The summed E-state index contributed by atoms with van der Waals surface area (Å²) in [6, 6.07) is 3.45. The number of methoxy groups -OCH3 is 1. The molecule has 140 valence electrons. The second kappa shape index (κ2) is 8.35. The van der Waals surface area contributed by atoms with Crippen molar-refractivity contribution in [2.45, 2.75) is 24.8 Å². The van der Waals surface area contributed by atoms with Gasteiger partial charge in [-0.15, -0.1) is 0 Å². The van der Waals surface area contributed by atoms with Gasteiger partial charge in [-0.3, -0.25) is 4.79 Å². The number of ether oxygens (including phenoxy) is 1. The molecule has 0 aliphatic carbocycles. The molecule has 0 saturated carbocycles. The Kier molecular flexibility index (Phi) is 6.67. The smallest absolute Gasteiger partial charge is 0.245 e. The van der Waals surface area contributed by atoms with Crippen LogP contribution in [0, 0.1) is 0 Å². The Bertz CT molecular complexity index is 718. The van der Waals surface area contributed by atoms with Crippen LogP contribution in [0.5, 0.6) is 5.75 Å². The highest BCUT2D eigenvalue weighted by Gasteiger charge is 2.29. The van der Waals surface area contributed by atoms with Gasteiger partial charge < -0.3 is 14.5 Å². The molecule has 1 N–H and O–H groups in total. The van der Waals surface area contributed by atoms with Gasteiger partial charge in [-0.25, -0.2) is 8.42 Å². The molecule has 1 heterocycles. The van der Waals surface area contributed by atoms with Crippen LogP contribution in [0.15, 0.2) is 23.1 Å². The van der Waals surface area contributed by atoms with Crippen molar-refractivity contribution in [1.29, 1.82) is 0 Å². The minimum atomic E-state index is -3.94. The normalized spacial score (nSPS) is 17.4. The lowest BCUT2D eigenvalue weighted by Gasteiger charge is -2.35. The predicted octanol–water partition coefficient (Wildman–Crippen LogP) is 1.18. The topological polar surface area (TPSA) is 79.0 Å². The SMILES string of the molecule is CCN1CCN(C(=O)C(C)NS(=O)(=O)c2cc(Cl)ccc2OC)CC1. The Hall–Kier alpha value is -1.35. The molecular formula is C16H24ClN3O4S. The summed E-state index contributed by atoms with van der Waals surface area (Å²) >= 11 is 5.90. The molecule has 2 rings (SSSR count). The van der Waals surface area contributed by atoms with Crippen LogP contribution < -0.4 is 9.46 Å². The minimum Gasteiger partial charge on any atom is -0.495 e. The Balaban J connectivity index is 2.10. The summed E-state index contributed by atoms with van der Waals surface area (Å²) in [5.41, 5.74) is 0. The van der Waals surface area contributed by atoms with Gasteiger partial charge in [-0.05, 0) is 31.7 Å². The van der Waals surface area contributed by atoms with E-state index in [4.69, 9.17) is 16.3 Å². The van der Waals surface area contributed by atoms with Gasteiger partial charge in [0.2, 0.25) is 15.9 Å². The molecule has 0 spiro atoms. The Morgan fingerprint density at radius 1 is 1.32 bits per heavy atom. The molecule has 1 atom stereocenters. The molecular weight excluding hydrogens is 366 g/mol. The van der Waals surface area contributed by atoms with E-state index < -0.39 is 16.1 Å². The summed E-state index contributed by atoms with van der Waals surface area (Å²) in [5.74, 6) is -0.0616. The molecule has 1 aliphatic rings. The van der Waals surface area contributed by atoms with Gasteiger partial charge in [0.05, 0.1) is 13.2 Å². The summed E-state index contributed by atoms with van der Waals surface area (Å²) in [5, 5.41) is 0.274. The quantitative estimate of drug-likeness (QED) is 0.790. The molecule has 1 aromatic carbocycles. The van der Waals surface area contributed by atoms with Crippen LogP contribution in [0.25, 0.3) is 0 Å². The number of piperazine rings is 1. The lowest BCUT2D eigenvalue weighted by atomic mass is 10.2. The van der Waals surface area contributed by atoms with Crippen LogP contribution in [0.3, 0.4) is 0 Å². The molecule has 0 aromatic heterocycles. The van der Waals surface area contributed by atoms with E-state index in [1.54, 1.807) is 17.9 Å². The number of sulfonamides is 1. The monoisotopic (exact) mass is 389 g/mol. The van der Waals surface area contributed by atoms with Crippen molar-refractivity contribution in [3.8, 4) is 5.75 Å². The Labute approximate surface area is 153 Å². The fourth-order valence-electron chi connectivity index (χ4n) is 2.77. The molecule has 1 fully saturated rings. The van der Waals surface area contributed by atoms with Crippen molar-refractivity contribution in [2.24, 2.45) is 0 Å². The van der Waals surface area contributed by atoms with Crippen molar-refractivity contribution < 1.29 is 17.9 Å². The third-order valence-corrected chi connectivity index (χ3v) is 6.05. The highest BCUT2D eigenvalue weighted by Crippen LogP contribution is 2.27. The van der Waals surface area contributed by atoms with E-state index in [0.29, 0.717) is 13.1 Å². The van der Waals surface area contributed by atoms with Gasteiger partial charge >= 0.3 is 0 Å². The summed E-state index contributed by atoms with van der Waals surface area (Å²) in [7, 11) is -2.56. The summed E-state index contributed by atoms with van der Waals surface area (Å²) in [6.07, 6.45) is 0. The molecule has 9 heteroatoms. The molecule has 1 amide bonds. The van der Waals surface area contributed by atoms with E-state index in [-0.39, 0.29) is 21.6 Å². The van der Waals surface area contributed by atoms with Crippen molar-refractivity contribution in [3.05, 3.63) is 23.2 Å². The van der Waals surface area contributed by atoms with E-state index in [1.165, 1.54) is 19.2 Å². The first-order valence-corrected chi connectivity index (χ1v) is 10.0. The second-order valence-electron chi connectivity index (χ2n) is 5.90. The number of carbonyl (C=O) groups is 1. The third kappa shape index (κ3) is 4.84. The molecule has 1 aromatic rings. The molecule has 7 nitrogen and oxygen atoms in total. The lowest BCUT2D eigenvalue weighted by molar-refractivity contribution is -0.134. The zero-order chi connectivity index (χ0) is 18.6. The zero-order valence-corrected chi connectivity index (χ0v) is 16.2. The lowest BCUT2D eigenvalue weighted by Crippen LogP contribution is -2.54. The van der Waals surface area contributed by atoms with Crippen LogP contribution in [0.4, 0.5) is 0 Å². The van der Waals surface area contributed by atoms with Crippen molar-refractivity contribution >= 4 is 27.5 Å². The number of hydrogen-bond donors (Lipinski definition) is 1. The number of nitrogens with zero attached hydrogens (tertiary/aromatic N) is 2. The average molecular weight is 390 g/mol. The Morgan fingerprint density at radius 3 is 2.52 bits per heavy atom. The molecule has 1 saturated heterocycles. The second-order valence-corrected chi connectivity index (χ2v) is 8.02. The first-order valence-electron chi connectivity index (χ1n) is 8.15. The van der Waals surface area contributed by atoms with E-state index >= 15 is 0 Å². The van der Waals surface area contributed by atoms with Gasteiger partial charge in [-0.2, -0.15) is 4.72 Å². The van der Waals surface area contributed by atoms with Crippen LogP contribution in [-0.4, -0.2) is 70.0 Å². The molecule has 25 heavy (non-hydrogen) atoms. The third-order valence-electron chi connectivity index (χ3n) is 4.25. The summed E-state index contributed by atoms with van der Waals surface area (Å²) in [6.45, 7) is 7.35. The number of amides is 1. The van der Waals surface area contributed by atoms with Crippen molar-refractivity contribution in [1.82, 2.24) is 14.5 Å². The number of nitrogens with one attached hydrogen (secondary N) is 1. The maximum absolute atomic E-state index is 12.6. The van der Waals surface area contributed by atoms with E-state index in [0.717, 1.165) is 19.6 Å². The van der Waals surface area contributed by atoms with Gasteiger partial charge in [0.1, 0.15) is 10.6 Å². The van der Waals surface area contributed by atoms with Crippen LogP contribution in [0.2, 0.25) is 5.02 Å². The summed E-state index contributed by atoms with van der Waals surface area (Å²) in [4.78, 5) is 16.4. The molecule has 1 unspecified atom stereocenters. The highest BCUT2D eigenvalue weighted by molar-refractivity contribution is 7.89. The van der Waals surface area contributed by atoms with Gasteiger partial charge in [-0.1, -0.05) is 18.5 Å². The van der Waals surface area contributed by atoms with Crippen LogP contribution in [-0.2, 0) is 14.8 Å². The molecule has 0 radical (unpaired) electrons. The standard InChI is InChI=1S/C16H24ClN3O4S/c1-4-19-7-9-20(10-8-19)16(21)12(2)18-25(22,23)15-11-13(17)5-6-14(15)24-3/h5-6,11-12,18H,4,7-10H2,1-3H3. The number of rotatable bonds is 6. The number of carbonyl (C=O) groups excluding carboxylic acids is 1. The first-order chi connectivity index (χ1) is 11.8. The molecule has 1 aliphatic heterocycles. The number of likely N-dealkylation sites (N-methyl/N-ethyl adjacent to an activating group) is 1. The maximum atomic E-state index is 12.6. The van der Waals surface area contributed by atoms with E-state index in [2.05, 4.69) is 16.5 Å². The van der Waals surface area contributed by atoms with Gasteiger partial charge in [0, 0.05) is 31.2 Å². The number of benzene rings is 1. The predicted molar refractivity (Wildman–Crippen MR) is 96.5 cm³/mol. The first kappa shape index (κ1) is 20.0. The van der Waals surface area contributed by atoms with Crippen LogP contribution >= 0.6 is 11.6 Å². The van der Waals surface area contributed by atoms with Gasteiger partial charge in [0.25, 0.3) is 0 Å². The minimum absolute atomic E-state index is 0.0852. The van der Waals surface area contributed by atoms with Crippen LogP contribution in [0.1, 0.15) is 13.8 Å².